The van der Waals surface area contributed by atoms with Crippen LogP contribution in [0.25, 0.3) is 0 Å². The number of nitrogens with zero attached hydrogens (tertiary/aromatic N) is 1. The Kier molecular flexibility index (Phi) is 7.34. The number of hydrazine groups is 1. The highest BCUT2D eigenvalue weighted by Crippen LogP contribution is 2.22. The van der Waals surface area contributed by atoms with Crippen LogP contribution in [0.1, 0.15) is 42.6 Å². The number of ether oxygens (including phenoxy) is 1. The van der Waals surface area contributed by atoms with Crippen molar-refractivity contribution in [2.24, 2.45) is 0 Å². The minimum atomic E-state index is -0.661. The molecule has 0 aliphatic rings. The van der Waals surface area contributed by atoms with Crippen molar-refractivity contribution >= 4 is 23.5 Å². The fourth-order valence-corrected chi connectivity index (χ4v) is 1.96. The third-order valence-electron chi connectivity index (χ3n) is 3.03. The van der Waals surface area contributed by atoms with Crippen LogP contribution in [0.15, 0.2) is 18.2 Å². The van der Waals surface area contributed by atoms with Crippen molar-refractivity contribution in [2.45, 2.75) is 33.1 Å². The molecule has 0 fully saturated rings. The maximum absolute atomic E-state index is 11.8. The number of amides is 2. The van der Waals surface area contributed by atoms with E-state index < -0.39 is 16.7 Å². The largest absolute Gasteiger partial charge is 0.466 e. The number of carbonyl (C=O) groups excluding carboxylic acids is 3. The van der Waals surface area contributed by atoms with Gasteiger partial charge in [0.2, 0.25) is 5.91 Å². The Labute approximate surface area is 138 Å². The number of hydrogen-bond donors (Lipinski definition) is 2. The molecule has 0 spiro atoms. The Hall–Kier alpha value is -2.97. The van der Waals surface area contributed by atoms with Gasteiger partial charge < -0.3 is 4.74 Å². The van der Waals surface area contributed by atoms with E-state index >= 15 is 0 Å². The summed E-state index contributed by atoms with van der Waals surface area (Å²) in [5, 5.41) is 11.2. The van der Waals surface area contributed by atoms with Gasteiger partial charge in [0.1, 0.15) is 0 Å². The molecule has 0 aliphatic heterocycles. The summed E-state index contributed by atoms with van der Waals surface area (Å²) < 4.78 is 4.79. The number of rotatable bonds is 7. The van der Waals surface area contributed by atoms with Gasteiger partial charge in [-0.15, -0.1) is 0 Å². The minimum Gasteiger partial charge on any atom is -0.466 e. The molecule has 0 saturated heterocycles. The van der Waals surface area contributed by atoms with Gasteiger partial charge in [-0.1, -0.05) is 6.07 Å². The summed E-state index contributed by atoms with van der Waals surface area (Å²) in [7, 11) is 0. The van der Waals surface area contributed by atoms with Gasteiger partial charge in [-0.05, 0) is 25.8 Å². The summed E-state index contributed by atoms with van der Waals surface area (Å²) >= 11 is 0. The molecule has 0 bridgehead atoms. The molecular formula is C15H19N3O6. The quantitative estimate of drug-likeness (QED) is 0.438. The first-order chi connectivity index (χ1) is 11.3. The van der Waals surface area contributed by atoms with E-state index in [9.17, 15) is 24.5 Å². The highest BCUT2D eigenvalue weighted by atomic mass is 16.6. The monoisotopic (exact) mass is 337 g/mol. The lowest BCUT2D eigenvalue weighted by molar-refractivity contribution is -0.385. The van der Waals surface area contributed by atoms with Crippen LogP contribution in [0.4, 0.5) is 5.69 Å². The minimum absolute atomic E-state index is 0.0459. The summed E-state index contributed by atoms with van der Waals surface area (Å²) in [6.07, 6.45) is 0.871. The maximum atomic E-state index is 11.8. The molecule has 1 rings (SSSR count). The Morgan fingerprint density at radius 2 is 1.96 bits per heavy atom. The van der Waals surface area contributed by atoms with Crippen LogP contribution in [-0.2, 0) is 20.7 Å². The number of nitrogens with one attached hydrogen (secondary N) is 2. The number of esters is 1. The van der Waals surface area contributed by atoms with Crippen molar-refractivity contribution in [1.82, 2.24) is 10.9 Å². The first-order valence-electron chi connectivity index (χ1n) is 7.35. The molecular weight excluding hydrogens is 318 g/mol. The molecule has 130 valence electrons. The van der Waals surface area contributed by atoms with Gasteiger partial charge in [0.25, 0.3) is 11.6 Å². The number of hydrogen-bond acceptors (Lipinski definition) is 6. The number of aryl methyl sites for hydroxylation is 1. The molecule has 1 aromatic rings. The molecule has 0 aliphatic carbocycles. The van der Waals surface area contributed by atoms with E-state index in [-0.39, 0.29) is 30.2 Å². The first kappa shape index (κ1) is 19.1. The van der Waals surface area contributed by atoms with E-state index in [2.05, 4.69) is 10.9 Å². The van der Waals surface area contributed by atoms with Crippen molar-refractivity contribution in [3.63, 3.8) is 0 Å². The lowest BCUT2D eigenvalue weighted by Crippen LogP contribution is -2.40. The first-order valence-corrected chi connectivity index (χ1v) is 7.35. The standard InChI is InChI=1S/C15H19N3O6/c1-3-24-14(20)6-4-5-11-7-8-12(9-13(11)18(22)23)15(21)17-16-10(2)19/h7-9H,3-6H2,1-2H3,(H,16,19)(H,17,21). The van der Waals surface area contributed by atoms with Crippen molar-refractivity contribution < 1.29 is 24.0 Å². The Balaban J connectivity index is 2.80. The summed E-state index contributed by atoms with van der Waals surface area (Å²) in [4.78, 5) is 44.4. The molecule has 2 N–H and O–H groups in total. The van der Waals surface area contributed by atoms with E-state index in [4.69, 9.17) is 4.74 Å². The molecule has 0 saturated carbocycles. The predicted octanol–water partition coefficient (Wildman–Crippen LogP) is 1.26. The zero-order valence-electron chi connectivity index (χ0n) is 13.5. The molecule has 9 heteroatoms. The zero-order chi connectivity index (χ0) is 18.1. The van der Waals surface area contributed by atoms with Crippen LogP contribution in [0.2, 0.25) is 0 Å². The molecule has 1 aromatic carbocycles. The van der Waals surface area contributed by atoms with Gasteiger partial charge in [-0.2, -0.15) is 0 Å². The molecule has 0 radical (unpaired) electrons. The topological polar surface area (TPSA) is 128 Å². The Bertz CT molecular complexity index is 644. The van der Waals surface area contributed by atoms with Gasteiger partial charge in [0.15, 0.2) is 0 Å². The van der Waals surface area contributed by atoms with Crippen LogP contribution in [0.5, 0.6) is 0 Å². The van der Waals surface area contributed by atoms with E-state index in [1.807, 2.05) is 0 Å². The average molecular weight is 337 g/mol. The fraction of sp³-hybridized carbons (Fsp3) is 0.400. The second kappa shape index (κ2) is 9.23. The third-order valence-corrected chi connectivity index (χ3v) is 3.03. The summed E-state index contributed by atoms with van der Waals surface area (Å²) in [5.74, 6) is -1.48. The van der Waals surface area contributed by atoms with Gasteiger partial charge in [-0.25, -0.2) is 0 Å². The third kappa shape index (κ3) is 6.03. The summed E-state index contributed by atoms with van der Waals surface area (Å²) in [6.45, 7) is 3.21. The number of nitro groups is 1. The van der Waals surface area contributed by atoms with Gasteiger partial charge in [0.05, 0.1) is 11.5 Å². The summed E-state index contributed by atoms with van der Waals surface area (Å²) in [6, 6.07) is 4.02. The van der Waals surface area contributed by atoms with Crippen molar-refractivity contribution in [1.29, 1.82) is 0 Å². The van der Waals surface area contributed by atoms with E-state index in [1.54, 1.807) is 6.92 Å². The second-order valence-electron chi connectivity index (χ2n) is 4.89. The van der Waals surface area contributed by atoms with Crippen LogP contribution < -0.4 is 10.9 Å². The summed E-state index contributed by atoms with van der Waals surface area (Å²) in [5.41, 5.74) is 4.49. The highest BCUT2D eigenvalue weighted by Gasteiger charge is 2.18. The van der Waals surface area contributed by atoms with Crippen molar-refractivity contribution in [3.05, 3.63) is 39.4 Å². The fourth-order valence-electron chi connectivity index (χ4n) is 1.96. The average Bonchev–Trinajstić information content (AvgIpc) is 2.52. The second-order valence-corrected chi connectivity index (χ2v) is 4.89. The van der Waals surface area contributed by atoms with Crippen LogP contribution in [0, 0.1) is 10.1 Å². The molecule has 24 heavy (non-hydrogen) atoms. The highest BCUT2D eigenvalue weighted by molar-refractivity contribution is 5.95. The Morgan fingerprint density at radius 1 is 1.25 bits per heavy atom. The van der Waals surface area contributed by atoms with Crippen molar-refractivity contribution in [2.75, 3.05) is 6.61 Å². The zero-order valence-corrected chi connectivity index (χ0v) is 13.5. The van der Waals surface area contributed by atoms with Crippen LogP contribution in [0.3, 0.4) is 0 Å². The smallest absolute Gasteiger partial charge is 0.305 e. The van der Waals surface area contributed by atoms with Crippen molar-refractivity contribution in [3.8, 4) is 0 Å². The lowest BCUT2D eigenvalue weighted by atomic mass is 10.0. The SMILES string of the molecule is CCOC(=O)CCCc1ccc(C(=O)NNC(C)=O)cc1[N+](=O)[O-]. The Morgan fingerprint density at radius 3 is 2.54 bits per heavy atom. The van der Waals surface area contributed by atoms with Gasteiger partial charge in [0, 0.05) is 30.5 Å². The van der Waals surface area contributed by atoms with Crippen LogP contribution in [-0.4, -0.2) is 29.3 Å². The van der Waals surface area contributed by atoms with Crippen LogP contribution >= 0.6 is 0 Å². The van der Waals surface area contributed by atoms with Gasteiger partial charge >= 0.3 is 5.97 Å². The van der Waals surface area contributed by atoms with E-state index in [0.717, 1.165) is 6.07 Å². The molecule has 9 nitrogen and oxygen atoms in total. The predicted molar refractivity (Wildman–Crippen MR) is 84.0 cm³/mol. The van der Waals surface area contributed by atoms with E-state index in [0.29, 0.717) is 18.4 Å². The maximum Gasteiger partial charge on any atom is 0.305 e. The number of nitro benzene ring substituents is 1. The van der Waals surface area contributed by atoms with Gasteiger partial charge in [-0.3, -0.25) is 35.3 Å². The normalized spacial score (nSPS) is 9.92. The molecule has 0 unspecified atom stereocenters. The molecule has 0 atom stereocenters. The molecule has 2 amide bonds. The lowest BCUT2D eigenvalue weighted by Gasteiger charge is -2.07. The number of carbonyl (C=O) groups is 3. The molecule has 0 heterocycles. The number of benzene rings is 1. The molecule has 0 aromatic heterocycles. The van der Waals surface area contributed by atoms with E-state index in [1.165, 1.54) is 19.1 Å².